The molecule has 0 radical (unpaired) electrons. The van der Waals surface area contributed by atoms with Gasteiger partial charge in [-0.25, -0.2) is 9.67 Å². The first-order valence-electron chi connectivity index (χ1n) is 8.84. The van der Waals surface area contributed by atoms with Crippen LogP contribution in [0.4, 0.5) is 5.69 Å². The van der Waals surface area contributed by atoms with Gasteiger partial charge in [-0.05, 0) is 31.3 Å². The molecular weight excluding hydrogens is 394 g/mol. The van der Waals surface area contributed by atoms with Crippen LogP contribution in [0.2, 0.25) is 5.02 Å². The van der Waals surface area contributed by atoms with Gasteiger partial charge >= 0.3 is 0 Å². The fourth-order valence-corrected chi connectivity index (χ4v) is 3.08. The normalized spacial score (nSPS) is 10.8. The molecular formula is C20H22ClN5O3. The molecule has 152 valence electrons. The van der Waals surface area contributed by atoms with E-state index in [1.54, 1.807) is 43.4 Å². The molecule has 0 aliphatic rings. The van der Waals surface area contributed by atoms with E-state index in [9.17, 15) is 4.79 Å². The van der Waals surface area contributed by atoms with Crippen molar-refractivity contribution in [3.63, 3.8) is 0 Å². The Labute approximate surface area is 174 Å². The van der Waals surface area contributed by atoms with Gasteiger partial charge in [0.25, 0.3) is 0 Å². The molecule has 3 aromatic rings. The zero-order valence-electron chi connectivity index (χ0n) is 16.4. The van der Waals surface area contributed by atoms with E-state index in [1.807, 2.05) is 30.1 Å². The molecule has 0 saturated heterocycles. The van der Waals surface area contributed by atoms with Gasteiger partial charge in [-0.3, -0.25) is 9.69 Å². The number of nitrogens with zero attached hydrogens (tertiary/aromatic N) is 4. The second kappa shape index (κ2) is 9.40. The van der Waals surface area contributed by atoms with Gasteiger partial charge in [0.1, 0.15) is 24.2 Å². The van der Waals surface area contributed by atoms with Crippen LogP contribution in [0.25, 0.3) is 5.69 Å². The highest BCUT2D eigenvalue weighted by molar-refractivity contribution is 6.31. The number of hydrogen-bond acceptors (Lipinski definition) is 6. The van der Waals surface area contributed by atoms with Gasteiger partial charge in [0.05, 0.1) is 32.1 Å². The van der Waals surface area contributed by atoms with Gasteiger partial charge in [-0.1, -0.05) is 17.7 Å². The summed E-state index contributed by atoms with van der Waals surface area (Å²) < 4.78 is 12.2. The molecule has 0 saturated carbocycles. The predicted molar refractivity (Wildman–Crippen MR) is 111 cm³/mol. The number of carbonyl (C=O) groups is 1. The summed E-state index contributed by atoms with van der Waals surface area (Å²) in [7, 11) is 5.07. The molecule has 0 aliphatic carbocycles. The molecule has 1 aromatic heterocycles. The Kier molecular flexibility index (Phi) is 6.69. The molecule has 3 rings (SSSR count). The number of methoxy groups -OCH3 is 2. The monoisotopic (exact) mass is 415 g/mol. The van der Waals surface area contributed by atoms with Crippen LogP contribution in [-0.2, 0) is 11.3 Å². The first kappa shape index (κ1) is 20.6. The Balaban J connectivity index is 1.68. The van der Waals surface area contributed by atoms with Gasteiger partial charge in [0, 0.05) is 23.2 Å². The number of hydrogen-bond donors (Lipinski definition) is 1. The van der Waals surface area contributed by atoms with Crippen LogP contribution in [0.3, 0.4) is 0 Å². The van der Waals surface area contributed by atoms with Crippen molar-refractivity contribution in [2.24, 2.45) is 0 Å². The van der Waals surface area contributed by atoms with E-state index in [-0.39, 0.29) is 12.5 Å². The van der Waals surface area contributed by atoms with E-state index in [0.717, 1.165) is 5.56 Å². The number of aromatic nitrogens is 3. The van der Waals surface area contributed by atoms with Gasteiger partial charge in [0.2, 0.25) is 5.91 Å². The molecule has 9 heteroatoms. The lowest BCUT2D eigenvalue weighted by Gasteiger charge is -2.19. The van der Waals surface area contributed by atoms with Crippen molar-refractivity contribution in [1.29, 1.82) is 0 Å². The smallest absolute Gasteiger partial charge is 0.238 e. The fraction of sp³-hybridized carbons (Fsp3) is 0.250. The number of anilines is 1. The van der Waals surface area contributed by atoms with Crippen molar-refractivity contribution in [3.05, 3.63) is 59.6 Å². The largest absolute Gasteiger partial charge is 0.497 e. The van der Waals surface area contributed by atoms with Gasteiger partial charge in [-0.15, -0.1) is 0 Å². The zero-order chi connectivity index (χ0) is 20.8. The van der Waals surface area contributed by atoms with Crippen molar-refractivity contribution in [2.45, 2.75) is 6.54 Å². The maximum absolute atomic E-state index is 12.6. The van der Waals surface area contributed by atoms with E-state index in [1.165, 1.54) is 6.33 Å². The van der Waals surface area contributed by atoms with Crippen molar-refractivity contribution < 1.29 is 14.3 Å². The Hall–Kier alpha value is -3.10. The third-order valence-corrected chi connectivity index (χ3v) is 4.48. The topological polar surface area (TPSA) is 81.5 Å². The maximum atomic E-state index is 12.6. The van der Waals surface area contributed by atoms with E-state index in [0.29, 0.717) is 34.4 Å². The third-order valence-electron chi connectivity index (χ3n) is 4.25. The highest BCUT2D eigenvalue weighted by Crippen LogP contribution is 2.26. The predicted octanol–water partition coefficient (Wildman–Crippen LogP) is 3.01. The van der Waals surface area contributed by atoms with E-state index in [4.69, 9.17) is 21.1 Å². The molecule has 2 aromatic carbocycles. The number of halogens is 1. The van der Waals surface area contributed by atoms with Crippen molar-refractivity contribution in [3.8, 4) is 17.2 Å². The summed E-state index contributed by atoms with van der Waals surface area (Å²) in [4.78, 5) is 18.4. The minimum absolute atomic E-state index is 0.177. The average Bonchev–Trinajstić information content (AvgIpc) is 3.22. The minimum Gasteiger partial charge on any atom is -0.497 e. The first-order chi connectivity index (χ1) is 14.0. The molecule has 0 spiro atoms. The van der Waals surface area contributed by atoms with Crippen LogP contribution >= 0.6 is 11.6 Å². The Morgan fingerprint density at radius 3 is 2.72 bits per heavy atom. The van der Waals surface area contributed by atoms with Crippen LogP contribution in [0, 0.1) is 0 Å². The Morgan fingerprint density at radius 1 is 1.21 bits per heavy atom. The van der Waals surface area contributed by atoms with Crippen LogP contribution in [-0.4, -0.2) is 53.4 Å². The van der Waals surface area contributed by atoms with Crippen molar-refractivity contribution >= 4 is 23.2 Å². The molecule has 8 nitrogen and oxygen atoms in total. The van der Waals surface area contributed by atoms with Gasteiger partial charge < -0.3 is 14.8 Å². The lowest BCUT2D eigenvalue weighted by atomic mass is 10.1. The molecule has 1 amide bonds. The standard InChI is InChI=1S/C20H22ClN5O3/c1-25(10-14-4-6-16(28-2)9-19(14)29-3)11-20(27)24-17-8-15(21)5-7-18(17)26-13-22-12-23-26/h4-9,12-13H,10-11H2,1-3H3,(H,24,27). The summed E-state index contributed by atoms with van der Waals surface area (Å²) in [5.74, 6) is 1.25. The number of amides is 1. The number of ether oxygens (including phenoxy) is 2. The Morgan fingerprint density at radius 2 is 2.03 bits per heavy atom. The number of likely N-dealkylation sites (N-methyl/N-ethyl adjacent to an activating group) is 1. The third kappa shape index (κ3) is 5.24. The van der Waals surface area contributed by atoms with Gasteiger partial charge in [-0.2, -0.15) is 5.10 Å². The summed E-state index contributed by atoms with van der Waals surface area (Å²) >= 11 is 6.10. The highest BCUT2D eigenvalue weighted by atomic mass is 35.5. The summed E-state index contributed by atoms with van der Waals surface area (Å²) in [6.07, 6.45) is 2.98. The van der Waals surface area contributed by atoms with Crippen molar-refractivity contribution in [1.82, 2.24) is 19.7 Å². The fourth-order valence-electron chi connectivity index (χ4n) is 2.90. The molecule has 0 fully saturated rings. The Bertz CT molecular complexity index is 978. The van der Waals surface area contributed by atoms with Crippen LogP contribution < -0.4 is 14.8 Å². The summed E-state index contributed by atoms with van der Waals surface area (Å²) in [5, 5.41) is 7.52. The first-order valence-corrected chi connectivity index (χ1v) is 9.22. The SMILES string of the molecule is COc1ccc(CN(C)CC(=O)Nc2cc(Cl)ccc2-n2cncn2)c(OC)c1. The van der Waals surface area contributed by atoms with Crippen LogP contribution in [0.15, 0.2) is 49.1 Å². The number of nitrogens with one attached hydrogen (secondary N) is 1. The number of benzene rings is 2. The lowest BCUT2D eigenvalue weighted by Crippen LogP contribution is -2.30. The summed E-state index contributed by atoms with van der Waals surface area (Å²) in [6, 6.07) is 10.8. The quantitative estimate of drug-likeness (QED) is 0.609. The van der Waals surface area contributed by atoms with E-state index < -0.39 is 0 Å². The van der Waals surface area contributed by atoms with Crippen LogP contribution in [0.1, 0.15) is 5.56 Å². The molecule has 29 heavy (non-hydrogen) atoms. The average molecular weight is 416 g/mol. The number of rotatable bonds is 8. The lowest BCUT2D eigenvalue weighted by molar-refractivity contribution is -0.117. The van der Waals surface area contributed by atoms with Gasteiger partial charge in [0.15, 0.2) is 0 Å². The molecule has 0 unspecified atom stereocenters. The minimum atomic E-state index is -0.177. The zero-order valence-corrected chi connectivity index (χ0v) is 17.2. The molecule has 0 atom stereocenters. The highest BCUT2D eigenvalue weighted by Gasteiger charge is 2.14. The second-order valence-corrected chi connectivity index (χ2v) is 6.84. The number of carbonyl (C=O) groups excluding carboxylic acids is 1. The molecule has 1 N–H and O–H groups in total. The second-order valence-electron chi connectivity index (χ2n) is 6.40. The van der Waals surface area contributed by atoms with E-state index >= 15 is 0 Å². The van der Waals surface area contributed by atoms with Crippen molar-refractivity contribution in [2.75, 3.05) is 33.1 Å². The summed E-state index contributed by atoms with van der Waals surface area (Å²) in [6.45, 7) is 0.713. The summed E-state index contributed by atoms with van der Waals surface area (Å²) in [5.41, 5.74) is 2.19. The van der Waals surface area contributed by atoms with Crippen LogP contribution in [0.5, 0.6) is 11.5 Å². The molecule has 1 heterocycles. The molecule has 0 bridgehead atoms. The maximum Gasteiger partial charge on any atom is 0.238 e. The van der Waals surface area contributed by atoms with E-state index in [2.05, 4.69) is 15.4 Å². The molecule has 0 aliphatic heterocycles.